The Labute approximate surface area is 115 Å². The van der Waals surface area contributed by atoms with Crippen LogP contribution >= 0.6 is 15.9 Å². The number of hydrogen-bond acceptors (Lipinski definition) is 3. The van der Waals surface area contributed by atoms with E-state index < -0.39 is 0 Å². The van der Waals surface area contributed by atoms with Crippen molar-refractivity contribution in [1.29, 1.82) is 0 Å². The molecule has 0 radical (unpaired) electrons. The highest BCUT2D eigenvalue weighted by Crippen LogP contribution is 2.24. The number of phenols is 2. The van der Waals surface area contributed by atoms with Crippen LogP contribution in [0.4, 0.5) is 0 Å². The molecule has 0 heterocycles. The van der Waals surface area contributed by atoms with Gasteiger partial charge in [0.05, 0.1) is 5.56 Å². The van der Waals surface area contributed by atoms with Crippen LogP contribution < -0.4 is 5.32 Å². The molecule has 1 aromatic carbocycles. The highest BCUT2D eigenvalue weighted by Gasteiger charge is 2.28. The molecule has 0 aliphatic heterocycles. The number of hydrogen-bond donors (Lipinski definition) is 3. The van der Waals surface area contributed by atoms with Crippen LogP contribution in [0.3, 0.4) is 0 Å². The van der Waals surface area contributed by atoms with Gasteiger partial charge in [0.2, 0.25) is 0 Å². The molecule has 100 valence electrons. The van der Waals surface area contributed by atoms with Crippen LogP contribution in [0.5, 0.6) is 11.5 Å². The van der Waals surface area contributed by atoms with Crippen LogP contribution in [-0.2, 0) is 0 Å². The minimum absolute atomic E-state index is 0.0459. The third kappa shape index (κ3) is 3.16. The molecule has 0 fully saturated rings. The van der Waals surface area contributed by atoms with Crippen molar-refractivity contribution in [2.24, 2.45) is 0 Å². The molecule has 0 aliphatic carbocycles. The smallest absolute Gasteiger partial charge is 0.255 e. The van der Waals surface area contributed by atoms with E-state index in [1.54, 1.807) is 0 Å². The highest BCUT2D eigenvalue weighted by atomic mass is 79.9. The van der Waals surface area contributed by atoms with Crippen LogP contribution in [0.15, 0.2) is 18.2 Å². The van der Waals surface area contributed by atoms with Crippen LogP contribution in [0.1, 0.15) is 37.0 Å². The first-order chi connectivity index (χ1) is 8.48. The lowest BCUT2D eigenvalue weighted by Crippen LogP contribution is -2.49. The predicted molar refractivity (Wildman–Crippen MR) is 74.3 cm³/mol. The van der Waals surface area contributed by atoms with Crippen molar-refractivity contribution < 1.29 is 15.0 Å². The molecule has 0 atom stereocenters. The molecular formula is C13H18BrNO3. The molecule has 4 nitrogen and oxygen atoms in total. The van der Waals surface area contributed by atoms with Gasteiger partial charge < -0.3 is 15.5 Å². The quantitative estimate of drug-likeness (QED) is 0.578. The van der Waals surface area contributed by atoms with Crippen molar-refractivity contribution in [2.45, 2.75) is 32.2 Å². The molecule has 18 heavy (non-hydrogen) atoms. The van der Waals surface area contributed by atoms with Crippen molar-refractivity contribution in [1.82, 2.24) is 5.32 Å². The molecule has 5 heteroatoms. The zero-order valence-electron chi connectivity index (χ0n) is 10.5. The van der Waals surface area contributed by atoms with Gasteiger partial charge in [-0.1, -0.05) is 29.8 Å². The summed E-state index contributed by atoms with van der Waals surface area (Å²) in [4.78, 5) is 12.1. The number of halogens is 1. The first-order valence-corrected chi connectivity index (χ1v) is 7.00. The Morgan fingerprint density at radius 3 is 2.44 bits per heavy atom. The summed E-state index contributed by atoms with van der Waals surface area (Å²) < 4.78 is 0. The summed E-state index contributed by atoms with van der Waals surface area (Å²) in [6.07, 6.45) is 1.56. The third-order valence-electron chi connectivity index (χ3n) is 3.21. The van der Waals surface area contributed by atoms with Gasteiger partial charge in [0.15, 0.2) is 0 Å². The average molecular weight is 316 g/mol. The number of carbonyl (C=O) groups is 1. The summed E-state index contributed by atoms with van der Waals surface area (Å²) in [5.41, 5.74) is -0.253. The van der Waals surface area contributed by atoms with Gasteiger partial charge in [0, 0.05) is 10.9 Å². The largest absolute Gasteiger partial charge is 0.508 e. The molecule has 0 saturated heterocycles. The predicted octanol–water partition coefficient (Wildman–Crippen LogP) is 2.78. The van der Waals surface area contributed by atoms with Gasteiger partial charge in [-0.15, -0.1) is 0 Å². The minimum Gasteiger partial charge on any atom is -0.508 e. The number of phenolic OH excluding ortho intramolecular Hbond substituents is 2. The van der Waals surface area contributed by atoms with Gasteiger partial charge in [-0.05, 0) is 31.0 Å². The molecule has 0 aromatic heterocycles. The van der Waals surface area contributed by atoms with E-state index in [9.17, 15) is 15.0 Å². The number of alkyl halides is 1. The molecule has 0 saturated carbocycles. The molecule has 1 aromatic rings. The third-order valence-corrected chi connectivity index (χ3v) is 4.29. The van der Waals surface area contributed by atoms with E-state index in [1.807, 2.05) is 13.8 Å². The van der Waals surface area contributed by atoms with Crippen molar-refractivity contribution >= 4 is 21.8 Å². The van der Waals surface area contributed by atoms with Gasteiger partial charge in [0.25, 0.3) is 5.91 Å². The first kappa shape index (κ1) is 14.8. The standard InChI is InChI=1S/C13H18BrNO3/c1-3-13(4-2,8-14)15-12(18)10-7-9(16)5-6-11(10)17/h5-7,16-17H,3-4,8H2,1-2H3,(H,15,18). The van der Waals surface area contributed by atoms with E-state index in [0.29, 0.717) is 5.33 Å². The molecule has 0 unspecified atom stereocenters. The summed E-state index contributed by atoms with van der Waals surface area (Å²) in [6, 6.07) is 3.90. The molecule has 0 aliphatic rings. The lowest BCUT2D eigenvalue weighted by Gasteiger charge is -2.31. The van der Waals surface area contributed by atoms with E-state index in [4.69, 9.17) is 0 Å². The van der Waals surface area contributed by atoms with Gasteiger partial charge in [-0.25, -0.2) is 0 Å². The van der Waals surface area contributed by atoms with Crippen molar-refractivity contribution in [3.8, 4) is 11.5 Å². The van der Waals surface area contributed by atoms with Crippen molar-refractivity contribution in [3.63, 3.8) is 0 Å². The van der Waals surface area contributed by atoms with Crippen LogP contribution in [-0.4, -0.2) is 27.0 Å². The fourth-order valence-corrected chi connectivity index (χ4v) is 2.60. The van der Waals surface area contributed by atoms with Gasteiger partial charge in [-0.3, -0.25) is 4.79 Å². The van der Waals surface area contributed by atoms with E-state index in [1.165, 1.54) is 18.2 Å². The zero-order valence-corrected chi connectivity index (χ0v) is 12.1. The SMILES string of the molecule is CCC(CC)(CBr)NC(=O)c1cc(O)ccc1O. The molecule has 0 spiro atoms. The number of carbonyl (C=O) groups excluding carboxylic acids is 1. The Morgan fingerprint density at radius 1 is 1.33 bits per heavy atom. The lowest BCUT2D eigenvalue weighted by atomic mass is 9.95. The summed E-state index contributed by atoms with van der Waals surface area (Å²) in [5, 5.41) is 22.5. The van der Waals surface area contributed by atoms with E-state index >= 15 is 0 Å². The number of benzene rings is 1. The minimum atomic E-state index is -0.383. The van der Waals surface area contributed by atoms with Gasteiger partial charge in [-0.2, -0.15) is 0 Å². The fourth-order valence-electron chi connectivity index (χ4n) is 1.66. The second kappa shape index (κ2) is 6.09. The normalized spacial score (nSPS) is 11.3. The molecule has 1 amide bonds. The first-order valence-electron chi connectivity index (χ1n) is 5.88. The Kier molecular flexibility index (Phi) is 5.02. The summed E-state index contributed by atoms with van der Waals surface area (Å²) >= 11 is 3.40. The summed E-state index contributed by atoms with van der Waals surface area (Å²) in [6.45, 7) is 3.99. The maximum absolute atomic E-state index is 12.1. The molecule has 3 N–H and O–H groups in total. The second-order valence-electron chi connectivity index (χ2n) is 4.28. The molecule has 1 rings (SSSR count). The Morgan fingerprint density at radius 2 is 1.94 bits per heavy atom. The maximum Gasteiger partial charge on any atom is 0.255 e. The number of nitrogens with one attached hydrogen (secondary N) is 1. The highest BCUT2D eigenvalue weighted by molar-refractivity contribution is 9.09. The zero-order chi connectivity index (χ0) is 13.8. The Bertz CT molecular complexity index is 422. The fraction of sp³-hybridized carbons (Fsp3) is 0.462. The van der Waals surface area contributed by atoms with Crippen molar-refractivity contribution in [3.05, 3.63) is 23.8 Å². The van der Waals surface area contributed by atoms with Crippen LogP contribution in [0.2, 0.25) is 0 Å². The summed E-state index contributed by atoms with van der Waals surface area (Å²) in [5.74, 6) is -0.567. The van der Waals surface area contributed by atoms with Crippen molar-refractivity contribution in [2.75, 3.05) is 5.33 Å². The average Bonchev–Trinajstić information content (AvgIpc) is 2.38. The van der Waals surface area contributed by atoms with E-state index in [0.717, 1.165) is 12.8 Å². The van der Waals surface area contributed by atoms with E-state index in [2.05, 4.69) is 21.2 Å². The summed E-state index contributed by atoms with van der Waals surface area (Å²) in [7, 11) is 0. The van der Waals surface area contributed by atoms with Gasteiger partial charge >= 0.3 is 0 Å². The number of aromatic hydroxyl groups is 2. The Balaban J connectivity index is 2.97. The van der Waals surface area contributed by atoms with E-state index in [-0.39, 0.29) is 28.5 Å². The number of rotatable bonds is 5. The lowest BCUT2D eigenvalue weighted by molar-refractivity contribution is 0.0900. The molecule has 0 bridgehead atoms. The Hall–Kier alpha value is -1.23. The maximum atomic E-state index is 12.1. The topological polar surface area (TPSA) is 69.6 Å². The molecular weight excluding hydrogens is 298 g/mol. The van der Waals surface area contributed by atoms with Crippen LogP contribution in [0.25, 0.3) is 0 Å². The van der Waals surface area contributed by atoms with Gasteiger partial charge in [0.1, 0.15) is 11.5 Å². The van der Waals surface area contributed by atoms with Crippen LogP contribution in [0, 0.1) is 0 Å². The number of amides is 1. The monoisotopic (exact) mass is 315 g/mol. The second-order valence-corrected chi connectivity index (χ2v) is 4.84.